The van der Waals surface area contributed by atoms with Crippen molar-refractivity contribution in [1.29, 1.82) is 0 Å². The maximum Gasteiger partial charge on any atom is 0.350 e. The second-order valence-corrected chi connectivity index (χ2v) is 5.66. The van der Waals surface area contributed by atoms with Crippen molar-refractivity contribution in [3.05, 3.63) is 34.8 Å². The molecule has 2 rings (SSSR count). The number of anilines is 2. The summed E-state index contributed by atoms with van der Waals surface area (Å²) in [5.74, 6) is -0.346. The Labute approximate surface area is 120 Å². The summed E-state index contributed by atoms with van der Waals surface area (Å²) in [6.07, 6.45) is 2.03. The molecule has 4 nitrogen and oxygen atoms in total. The van der Waals surface area contributed by atoms with Crippen LogP contribution in [0.2, 0.25) is 0 Å². The quantitative estimate of drug-likeness (QED) is 0.688. The lowest BCUT2D eigenvalue weighted by atomic mass is 10.3. The number of benzene rings is 1. The van der Waals surface area contributed by atoms with Crippen LogP contribution in [-0.4, -0.2) is 24.3 Å². The van der Waals surface area contributed by atoms with Crippen LogP contribution in [0, 0.1) is 6.92 Å². The highest BCUT2D eigenvalue weighted by atomic mass is 32.2. The topological polar surface area (TPSA) is 51.2 Å². The Bertz CT molecular complexity index is 596. The SMILES string of the molecule is COC(=O)c1sc(Nc2cccc(SC)c2)nc1C. The molecule has 0 spiro atoms. The van der Waals surface area contributed by atoms with E-state index in [0.29, 0.717) is 15.7 Å². The predicted molar refractivity (Wildman–Crippen MR) is 79.7 cm³/mol. The van der Waals surface area contributed by atoms with Gasteiger partial charge in [0, 0.05) is 10.6 Å². The molecular formula is C13H14N2O2S2. The van der Waals surface area contributed by atoms with Gasteiger partial charge in [-0.05, 0) is 31.4 Å². The van der Waals surface area contributed by atoms with Gasteiger partial charge in [0.1, 0.15) is 4.88 Å². The third kappa shape index (κ3) is 3.27. The standard InChI is InChI=1S/C13H14N2O2S2/c1-8-11(12(16)17-2)19-13(14-8)15-9-5-4-6-10(7-9)18-3/h4-7H,1-3H3,(H,14,15). The number of nitrogens with one attached hydrogen (secondary N) is 1. The molecule has 100 valence electrons. The highest BCUT2D eigenvalue weighted by molar-refractivity contribution is 7.98. The Hall–Kier alpha value is -1.53. The number of thioether (sulfide) groups is 1. The molecule has 1 aromatic heterocycles. The van der Waals surface area contributed by atoms with Gasteiger partial charge in [-0.25, -0.2) is 9.78 Å². The van der Waals surface area contributed by atoms with Gasteiger partial charge in [0.2, 0.25) is 0 Å². The van der Waals surface area contributed by atoms with Gasteiger partial charge in [0.05, 0.1) is 12.8 Å². The number of carbonyl (C=O) groups excluding carboxylic acids is 1. The van der Waals surface area contributed by atoms with E-state index in [9.17, 15) is 4.79 Å². The summed E-state index contributed by atoms with van der Waals surface area (Å²) in [6.45, 7) is 1.80. The van der Waals surface area contributed by atoms with Crippen molar-refractivity contribution in [2.24, 2.45) is 0 Å². The number of hydrogen-bond acceptors (Lipinski definition) is 6. The highest BCUT2D eigenvalue weighted by Crippen LogP contribution is 2.27. The molecule has 1 N–H and O–H groups in total. The summed E-state index contributed by atoms with van der Waals surface area (Å²) in [5, 5.41) is 3.90. The van der Waals surface area contributed by atoms with Crippen molar-refractivity contribution in [2.75, 3.05) is 18.7 Å². The van der Waals surface area contributed by atoms with E-state index in [1.54, 1.807) is 18.7 Å². The van der Waals surface area contributed by atoms with Crippen LogP contribution in [0.4, 0.5) is 10.8 Å². The maximum absolute atomic E-state index is 11.5. The van der Waals surface area contributed by atoms with E-state index >= 15 is 0 Å². The zero-order valence-corrected chi connectivity index (χ0v) is 12.5. The van der Waals surface area contributed by atoms with E-state index in [0.717, 1.165) is 5.69 Å². The minimum absolute atomic E-state index is 0.346. The third-order valence-corrected chi connectivity index (χ3v) is 4.27. The number of esters is 1. The molecule has 0 bridgehead atoms. The van der Waals surface area contributed by atoms with Crippen molar-refractivity contribution in [2.45, 2.75) is 11.8 Å². The lowest BCUT2D eigenvalue weighted by molar-refractivity contribution is 0.0605. The second-order valence-electron chi connectivity index (χ2n) is 3.78. The Morgan fingerprint density at radius 1 is 1.47 bits per heavy atom. The van der Waals surface area contributed by atoms with E-state index in [-0.39, 0.29) is 5.97 Å². The van der Waals surface area contributed by atoms with Gasteiger partial charge >= 0.3 is 5.97 Å². The number of aryl methyl sites for hydroxylation is 1. The Kier molecular flexibility index (Phi) is 4.44. The molecule has 0 saturated heterocycles. The fourth-order valence-electron chi connectivity index (χ4n) is 1.56. The van der Waals surface area contributed by atoms with Crippen LogP contribution >= 0.6 is 23.1 Å². The molecule has 0 aliphatic rings. The van der Waals surface area contributed by atoms with Crippen molar-refractivity contribution in [3.8, 4) is 0 Å². The number of aromatic nitrogens is 1. The molecule has 0 fully saturated rings. The monoisotopic (exact) mass is 294 g/mol. The Morgan fingerprint density at radius 2 is 2.26 bits per heavy atom. The lowest BCUT2D eigenvalue weighted by Crippen LogP contribution is -1.99. The maximum atomic E-state index is 11.5. The summed E-state index contributed by atoms with van der Waals surface area (Å²) in [7, 11) is 1.37. The molecule has 0 aliphatic carbocycles. The summed E-state index contributed by atoms with van der Waals surface area (Å²) in [5.41, 5.74) is 1.64. The van der Waals surface area contributed by atoms with Gasteiger partial charge in [-0.15, -0.1) is 11.8 Å². The van der Waals surface area contributed by atoms with E-state index in [2.05, 4.69) is 10.3 Å². The number of hydrogen-bond donors (Lipinski definition) is 1. The van der Waals surface area contributed by atoms with Gasteiger partial charge in [-0.1, -0.05) is 17.4 Å². The molecule has 1 aromatic carbocycles. The zero-order valence-electron chi connectivity index (χ0n) is 10.9. The van der Waals surface area contributed by atoms with Crippen molar-refractivity contribution < 1.29 is 9.53 Å². The highest BCUT2D eigenvalue weighted by Gasteiger charge is 2.15. The minimum atomic E-state index is -0.346. The molecule has 0 aliphatic heterocycles. The molecule has 0 unspecified atom stereocenters. The van der Waals surface area contributed by atoms with E-state index in [1.807, 2.05) is 30.5 Å². The molecule has 0 radical (unpaired) electrons. The predicted octanol–water partition coefficient (Wildman–Crippen LogP) is 3.70. The number of carbonyl (C=O) groups is 1. The first kappa shape index (κ1) is 13.9. The molecular weight excluding hydrogens is 280 g/mol. The fourth-order valence-corrected chi connectivity index (χ4v) is 2.92. The molecule has 2 aromatic rings. The number of methoxy groups -OCH3 is 1. The number of nitrogens with zero attached hydrogens (tertiary/aromatic N) is 1. The first-order valence-electron chi connectivity index (χ1n) is 5.61. The number of ether oxygens (including phenoxy) is 1. The molecule has 0 atom stereocenters. The fraction of sp³-hybridized carbons (Fsp3) is 0.231. The molecule has 0 amide bonds. The second kappa shape index (κ2) is 6.08. The van der Waals surface area contributed by atoms with Crippen LogP contribution in [0.25, 0.3) is 0 Å². The van der Waals surface area contributed by atoms with E-state index < -0.39 is 0 Å². The largest absolute Gasteiger partial charge is 0.465 e. The molecule has 19 heavy (non-hydrogen) atoms. The molecule has 1 heterocycles. The van der Waals surface area contributed by atoms with Crippen molar-refractivity contribution >= 4 is 39.9 Å². The first-order valence-corrected chi connectivity index (χ1v) is 7.65. The number of rotatable bonds is 4. The summed E-state index contributed by atoms with van der Waals surface area (Å²) >= 11 is 2.98. The van der Waals surface area contributed by atoms with Crippen LogP contribution in [0.3, 0.4) is 0 Å². The van der Waals surface area contributed by atoms with Gasteiger partial charge in [-0.3, -0.25) is 0 Å². The van der Waals surface area contributed by atoms with Crippen molar-refractivity contribution in [3.63, 3.8) is 0 Å². The Morgan fingerprint density at radius 3 is 2.95 bits per heavy atom. The zero-order chi connectivity index (χ0) is 13.8. The van der Waals surface area contributed by atoms with Crippen LogP contribution in [0.1, 0.15) is 15.4 Å². The molecule has 0 saturated carbocycles. The van der Waals surface area contributed by atoms with E-state index in [4.69, 9.17) is 4.74 Å². The summed E-state index contributed by atoms with van der Waals surface area (Å²) < 4.78 is 4.72. The normalized spacial score (nSPS) is 10.3. The number of thiazole rings is 1. The summed E-state index contributed by atoms with van der Waals surface area (Å²) in [4.78, 5) is 17.6. The first-order chi connectivity index (χ1) is 9.13. The summed E-state index contributed by atoms with van der Waals surface area (Å²) in [6, 6.07) is 8.03. The molecule has 6 heteroatoms. The van der Waals surface area contributed by atoms with Gasteiger partial charge in [-0.2, -0.15) is 0 Å². The smallest absolute Gasteiger partial charge is 0.350 e. The van der Waals surface area contributed by atoms with Crippen molar-refractivity contribution in [1.82, 2.24) is 4.98 Å². The average molecular weight is 294 g/mol. The Balaban J connectivity index is 2.21. The lowest BCUT2D eigenvalue weighted by Gasteiger charge is -2.03. The van der Waals surface area contributed by atoms with Gasteiger partial charge < -0.3 is 10.1 Å². The van der Waals surface area contributed by atoms with Crippen LogP contribution in [-0.2, 0) is 4.74 Å². The van der Waals surface area contributed by atoms with E-state index in [1.165, 1.54) is 23.3 Å². The minimum Gasteiger partial charge on any atom is -0.465 e. The third-order valence-electron chi connectivity index (χ3n) is 2.49. The van der Waals surface area contributed by atoms with Gasteiger partial charge in [0.25, 0.3) is 0 Å². The van der Waals surface area contributed by atoms with Crippen LogP contribution in [0.15, 0.2) is 29.2 Å². The average Bonchev–Trinajstić information content (AvgIpc) is 2.79. The van der Waals surface area contributed by atoms with Gasteiger partial charge in [0.15, 0.2) is 5.13 Å². The van der Waals surface area contributed by atoms with Crippen LogP contribution < -0.4 is 5.32 Å². The van der Waals surface area contributed by atoms with Crippen LogP contribution in [0.5, 0.6) is 0 Å².